The van der Waals surface area contributed by atoms with E-state index in [1.807, 2.05) is 13.8 Å². The summed E-state index contributed by atoms with van der Waals surface area (Å²) in [4.78, 5) is 46.2. The minimum absolute atomic E-state index is 0.191. The minimum Gasteiger partial charge on any atom is -0.461 e. The third kappa shape index (κ3) is 4.22. The molecule has 0 saturated heterocycles. The van der Waals surface area contributed by atoms with Crippen molar-refractivity contribution in [1.29, 1.82) is 0 Å². The molecule has 0 unspecified atom stereocenters. The van der Waals surface area contributed by atoms with Gasteiger partial charge >= 0.3 is 5.97 Å². The number of nitrogens with zero attached hydrogens (tertiary/aromatic N) is 3. The predicted molar refractivity (Wildman–Crippen MR) is 104 cm³/mol. The van der Waals surface area contributed by atoms with Gasteiger partial charge in [-0.2, -0.15) is 0 Å². The smallest absolute Gasteiger partial charge is 0.348 e. The molecule has 0 aliphatic heterocycles. The number of aryl methyl sites for hydroxylation is 1. The first-order chi connectivity index (χ1) is 12.9. The summed E-state index contributed by atoms with van der Waals surface area (Å²) in [5.74, 6) is -0.621. The van der Waals surface area contributed by atoms with Crippen molar-refractivity contribution < 1.29 is 14.3 Å². The van der Waals surface area contributed by atoms with Gasteiger partial charge < -0.3 is 10.1 Å². The lowest BCUT2D eigenvalue weighted by atomic mass is 10.2. The van der Waals surface area contributed by atoms with Crippen LogP contribution in [0, 0.1) is 12.8 Å². The van der Waals surface area contributed by atoms with Gasteiger partial charge in [0.2, 0.25) is 5.91 Å². The lowest BCUT2D eigenvalue weighted by Gasteiger charge is -2.06. The maximum atomic E-state index is 12.8. The third-order valence-corrected chi connectivity index (χ3v) is 5.51. The van der Waals surface area contributed by atoms with Gasteiger partial charge in [-0.25, -0.2) is 14.8 Å². The fourth-order valence-electron chi connectivity index (χ4n) is 2.37. The minimum atomic E-state index is -0.461. The van der Waals surface area contributed by atoms with E-state index in [4.69, 9.17) is 4.74 Å². The van der Waals surface area contributed by atoms with Crippen molar-refractivity contribution in [2.45, 2.75) is 27.3 Å². The van der Waals surface area contributed by atoms with Crippen LogP contribution in [0.25, 0.3) is 10.2 Å². The molecule has 1 amide bonds. The van der Waals surface area contributed by atoms with Gasteiger partial charge in [0.15, 0.2) is 5.13 Å². The van der Waals surface area contributed by atoms with E-state index in [1.165, 1.54) is 22.2 Å². The summed E-state index contributed by atoms with van der Waals surface area (Å²) in [6.45, 7) is 5.70. The normalized spacial score (nSPS) is 11.1. The third-order valence-electron chi connectivity index (χ3n) is 3.64. The Hall–Kier alpha value is -2.59. The van der Waals surface area contributed by atoms with E-state index in [0.29, 0.717) is 32.4 Å². The van der Waals surface area contributed by atoms with E-state index in [-0.39, 0.29) is 23.9 Å². The second-order valence-corrected chi connectivity index (χ2v) is 8.19. The van der Waals surface area contributed by atoms with Crippen molar-refractivity contribution in [2.75, 3.05) is 11.9 Å². The van der Waals surface area contributed by atoms with Crippen LogP contribution in [0.1, 0.15) is 29.1 Å². The first-order valence-corrected chi connectivity index (χ1v) is 9.91. The van der Waals surface area contributed by atoms with Crippen molar-refractivity contribution in [2.24, 2.45) is 5.92 Å². The monoisotopic (exact) mass is 406 g/mol. The van der Waals surface area contributed by atoms with Crippen LogP contribution in [0.2, 0.25) is 0 Å². The van der Waals surface area contributed by atoms with E-state index in [9.17, 15) is 14.4 Å². The lowest BCUT2D eigenvalue weighted by molar-refractivity contribution is -0.116. The van der Waals surface area contributed by atoms with Crippen molar-refractivity contribution in [3.8, 4) is 0 Å². The fraction of sp³-hybridized carbons (Fsp3) is 0.353. The highest BCUT2D eigenvalue weighted by Crippen LogP contribution is 2.27. The number of carbonyl (C=O) groups excluding carboxylic acids is 2. The Balaban J connectivity index is 1.86. The number of fused-ring (bicyclic) bond motifs is 1. The highest BCUT2D eigenvalue weighted by Gasteiger charge is 2.21. The number of thiophene rings is 1. The van der Waals surface area contributed by atoms with Crippen molar-refractivity contribution in [3.63, 3.8) is 0 Å². The summed E-state index contributed by atoms with van der Waals surface area (Å²) in [6.07, 6.45) is 2.89. The van der Waals surface area contributed by atoms with E-state index in [0.717, 1.165) is 11.3 Å². The van der Waals surface area contributed by atoms with Crippen LogP contribution < -0.4 is 10.9 Å². The molecule has 1 N–H and O–H groups in total. The van der Waals surface area contributed by atoms with Crippen molar-refractivity contribution in [3.05, 3.63) is 38.7 Å². The quantitative estimate of drug-likeness (QED) is 0.631. The molecule has 8 nitrogen and oxygen atoms in total. The summed E-state index contributed by atoms with van der Waals surface area (Å²) in [7, 11) is 0. The molecule has 0 aliphatic carbocycles. The average Bonchev–Trinajstić information content (AvgIpc) is 3.23. The molecule has 10 heteroatoms. The number of amides is 1. The van der Waals surface area contributed by atoms with E-state index in [1.54, 1.807) is 18.5 Å². The number of nitrogens with one attached hydrogen (secondary N) is 1. The number of esters is 1. The molecule has 0 spiro atoms. The Morgan fingerprint density at radius 3 is 2.78 bits per heavy atom. The molecule has 0 radical (unpaired) electrons. The average molecular weight is 406 g/mol. The molecule has 0 fully saturated rings. The molecule has 0 aliphatic rings. The largest absolute Gasteiger partial charge is 0.461 e. The Kier molecular flexibility index (Phi) is 5.66. The Morgan fingerprint density at radius 1 is 1.33 bits per heavy atom. The fourth-order valence-corrected chi connectivity index (χ4v) is 3.95. The number of ether oxygens (including phenoxy) is 1. The van der Waals surface area contributed by atoms with E-state index < -0.39 is 5.97 Å². The van der Waals surface area contributed by atoms with Crippen LogP contribution in [-0.2, 0) is 16.1 Å². The maximum Gasteiger partial charge on any atom is 0.348 e. The van der Waals surface area contributed by atoms with Crippen LogP contribution in [0.3, 0.4) is 0 Å². The van der Waals surface area contributed by atoms with Crippen LogP contribution in [0.4, 0.5) is 5.13 Å². The second-order valence-electron chi connectivity index (χ2n) is 6.29. The number of carbonyl (C=O) groups is 2. The molecule has 0 atom stereocenters. The zero-order chi connectivity index (χ0) is 19.6. The summed E-state index contributed by atoms with van der Waals surface area (Å²) >= 11 is 2.41. The number of anilines is 1. The topological polar surface area (TPSA) is 103 Å². The Labute approximate surface area is 162 Å². The zero-order valence-electron chi connectivity index (χ0n) is 15.0. The van der Waals surface area contributed by atoms with Crippen LogP contribution in [0.15, 0.2) is 22.7 Å². The first-order valence-electron chi connectivity index (χ1n) is 8.21. The molecule has 3 heterocycles. The zero-order valence-corrected chi connectivity index (χ0v) is 16.6. The molecular formula is C17H18N4O4S2. The van der Waals surface area contributed by atoms with E-state index >= 15 is 0 Å². The number of hydrogen-bond acceptors (Lipinski definition) is 8. The maximum absolute atomic E-state index is 12.8. The van der Waals surface area contributed by atoms with Gasteiger partial charge in [0.05, 0.1) is 18.3 Å². The highest BCUT2D eigenvalue weighted by atomic mass is 32.1. The summed E-state index contributed by atoms with van der Waals surface area (Å²) in [6, 6.07) is 0. The van der Waals surface area contributed by atoms with Gasteiger partial charge in [-0.05, 0) is 18.4 Å². The molecular weight excluding hydrogens is 388 g/mol. The number of thiazole rings is 1. The molecule has 0 aromatic carbocycles. The van der Waals surface area contributed by atoms with Crippen molar-refractivity contribution in [1.82, 2.24) is 14.5 Å². The standard InChI is InChI=1S/C17H18N4O4S2/c1-9(2)7-25-16(24)13-10(3)12-14(27-13)19-8-21(15(12)23)6-11(22)20-17-18-4-5-26-17/h4-5,8-9H,6-7H2,1-3H3,(H,18,20,22). The number of hydrogen-bond donors (Lipinski definition) is 1. The Morgan fingerprint density at radius 2 is 2.11 bits per heavy atom. The van der Waals surface area contributed by atoms with Gasteiger partial charge in [-0.15, -0.1) is 22.7 Å². The number of rotatable bonds is 6. The predicted octanol–water partition coefficient (Wildman–Crippen LogP) is 2.67. The summed E-state index contributed by atoms with van der Waals surface area (Å²) < 4.78 is 6.47. The van der Waals surface area contributed by atoms with Gasteiger partial charge in [0.1, 0.15) is 16.3 Å². The summed E-state index contributed by atoms with van der Waals surface area (Å²) in [5.41, 5.74) is 0.155. The lowest BCUT2D eigenvalue weighted by Crippen LogP contribution is -2.27. The van der Waals surface area contributed by atoms with Crippen LogP contribution >= 0.6 is 22.7 Å². The molecule has 0 saturated carbocycles. The van der Waals surface area contributed by atoms with Crippen LogP contribution in [0.5, 0.6) is 0 Å². The first kappa shape index (κ1) is 19.2. The molecule has 142 valence electrons. The molecule has 27 heavy (non-hydrogen) atoms. The Bertz CT molecular complexity index is 1040. The van der Waals surface area contributed by atoms with Crippen molar-refractivity contribution >= 4 is 49.9 Å². The molecule has 3 rings (SSSR count). The van der Waals surface area contributed by atoms with Gasteiger partial charge in [0, 0.05) is 11.6 Å². The number of aromatic nitrogens is 3. The summed E-state index contributed by atoms with van der Waals surface area (Å²) in [5, 5.41) is 5.16. The molecule has 3 aromatic heterocycles. The van der Waals surface area contributed by atoms with Crippen LogP contribution in [-0.4, -0.2) is 33.0 Å². The SMILES string of the molecule is Cc1c(C(=O)OCC(C)C)sc2ncn(CC(=O)Nc3nccs3)c(=O)c12. The van der Waals surface area contributed by atoms with Gasteiger partial charge in [-0.3, -0.25) is 14.2 Å². The highest BCUT2D eigenvalue weighted by molar-refractivity contribution is 7.20. The van der Waals surface area contributed by atoms with E-state index in [2.05, 4.69) is 15.3 Å². The van der Waals surface area contributed by atoms with Gasteiger partial charge in [-0.1, -0.05) is 13.8 Å². The molecule has 0 bridgehead atoms. The van der Waals surface area contributed by atoms with Gasteiger partial charge in [0.25, 0.3) is 5.56 Å². The second kappa shape index (κ2) is 7.97. The molecule has 3 aromatic rings.